The molecule has 0 spiro atoms. The average molecular weight is 450 g/mol. The van der Waals surface area contributed by atoms with Gasteiger partial charge in [-0.25, -0.2) is 4.79 Å². The van der Waals surface area contributed by atoms with Gasteiger partial charge in [0.05, 0.1) is 32.8 Å². The molecule has 0 bridgehead atoms. The minimum absolute atomic E-state index is 0.0319. The van der Waals surface area contributed by atoms with E-state index in [0.29, 0.717) is 13.1 Å². The molecule has 2 amide bonds. The average Bonchev–Trinajstić information content (AvgIpc) is 2.94. The van der Waals surface area contributed by atoms with Crippen LogP contribution in [0.5, 0.6) is 0 Å². The van der Waals surface area contributed by atoms with E-state index >= 15 is 0 Å². The van der Waals surface area contributed by atoms with Gasteiger partial charge in [-0.2, -0.15) is 13.2 Å². The Labute approximate surface area is 176 Å². The molecule has 174 valence electrons. The van der Waals surface area contributed by atoms with Crippen LogP contribution < -0.4 is 5.32 Å². The number of aromatic nitrogens is 3. The summed E-state index contributed by atoms with van der Waals surface area (Å²) in [6, 6.07) is 0. The summed E-state index contributed by atoms with van der Waals surface area (Å²) >= 11 is 0. The number of carbonyl (C=O) groups is 3. The third-order valence-corrected chi connectivity index (χ3v) is 4.60. The third-order valence-electron chi connectivity index (χ3n) is 4.60. The number of carboxylic acid groups (broad SMARTS) is 1. The van der Waals surface area contributed by atoms with Crippen molar-refractivity contribution < 1.29 is 37.4 Å². The van der Waals surface area contributed by atoms with Gasteiger partial charge in [-0.1, -0.05) is 0 Å². The van der Waals surface area contributed by atoms with E-state index in [-0.39, 0.29) is 18.4 Å². The van der Waals surface area contributed by atoms with Crippen molar-refractivity contribution in [1.82, 2.24) is 29.9 Å². The van der Waals surface area contributed by atoms with Crippen molar-refractivity contribution >= 4 is 17.8 Å². The number of carboxylic acids is 1. The van der Waals surface area contributed by atoms with E-state index in [0.717, 1.165) is 57.5 Å². The smallest absolute Gasteiger partial charge is 0.475 e. The topological polar surface area (TPSA) is 130 Å². The summed E-state index contributed by atoms with van der Waals surface area (Å²) in [5.74, 6) is -1.28. The predicted molar refractivity (Wildman–Crippen MR) is 98.5 cm³/mol. The van der Waals surface area contributed by atoms with Gasteiger partial charge in [0.2, 0.25) is 11.8 Å². The highest BCUT2D eigenvalue weighted by Crippen LogP contribution is 2.15. The molecule has 3 rings (SSSR count). The van der Waals surface area contributed by atoms with Gasteiger partial charge in [0.1, 0.15) is 5.82 Å². The zero-order valence-electron chi connectivity index (χ0n) is 17.0. The minimum Gasteiger partial charge on any atom is -0.475 e. The lowest BCUT2D eigenvalue weighted by atomic mass is 10.3. The molecule has 3 heterocycles. The van der Waals surface area contributed by atoms with E-state index in [2.05, 4.69) is 25.0 Å². The van der Waals surface area contributed by atoms with Crippen molar-refractivity contribution in [2.24, 2.45) is 0 Å². The monoisotopic (exact) mass is 450 g/mol. The summed E-state index contributed by atoms with van der Waals surface area (Å²) in [4.78, 5) is 36.1. The van der Waals surface area contributed by atoms with Gasteiger partial charge in [-0.15, -0.1) is 10.2 Å². The number of ether oxygens (including phenoxy) is 1. The van der Waals surface area contributed by atoms with Crippen LogP contribution in [0.4, 0.5) is 13.2 Å². The fourth-order valence-electron chi connectivity index (χ4n) is 3.02. The number of carbonyl (C=O) groups excluding carboxylic acids is 2. The van der Waals surface area contributed by atoms with Gasteiger partial charge in [0, 0.05) is 33.1 Å². The molecular formula is C17H25F3N6O5. The van der Waals surface area contributed by atoms with Gasteiger partial charge in [-0.05, 0) is 6.42 Å². The fraction of sp³-hybridized carbons (Fsp3) is 0.706. The minimum atomic E-state index is -5.08. The molecule has 0 atom stereocenters. The Hall–Kier alpha value is -2.74. The SMILES string of the molecule is CC(=O)NCC(=O)N1CCCn2c(CN3CCOCC3)nnc2C1.O=C(O)C(F)(F)F. The quantitative estimate of drug-likeness (QED) is 0.635. The van der Waals surface area contributed by atoms with Crippen LogP contribution in [0.25, 0.3) is 0 Å². The van der Waals surface area contributed by atoms with Crippen LogP contribution in [0.15, 0.2) is 0 Å². The number of nitrogens with zero attached hydrogens (tertiary/aromatic N) is 5. The number of morpholine rings is 1. The highest BCUT2D eigenvalue weighted by atomic mass is 19.4. The number of amides is 2. The Bertz CT molecular complexity index is 779. The van der Waals surface area contributed by atoms with E-state index < -0.39 is 12.1 Å². The number of aliphatic carboxylic acids is 1. The van der Waals surface area contributed by atoms with Crippen LogP contribution >= 0.6 is 0 Å². The molecule has 0 aromatic carbocycles. The second-order valence-electron chi connectivity index (χ2n) is 6.95. The van der Waals surface area contributed by atoms with Crippen molar-refractivity contribution in [3.63, 3.8) is 0 Å². The van der Waals surface area contributed by atoms with Gasteiger partial charge < -0.3 is 24.6 Å². The first kappa shape index (κ1) is 24.5. The van der Waals surface area contributed by atoms with E-state index in [4.69, 9.17) is 14.6 Å². The number of fused-ring (bicyclic) bond motifs is 1. The zero-order valence-corrected chi connectivity index (χ0v) is 17.0. The summed E-state index contributed by atoms with van der Waals surface area (Å²) in [7, 11) is 0. The molecule has 1 aromatic rings. The highest BCUT2D eigenvalue weighted by Gasteiger charge is 2.38. The lowest BCUT2D eigenvalue weighted by Gasteiger charge is -2.26. The van der Waals surface area contributed by atoms with Crippen LogP contribution in [0.3, 0.4) is 0 Å². The number of alkyl halides is 3. The summed E-state index contributed by atoms with van der Waals surface area (Å²) < 4.78 is 39.2. The van der Waals surface area contributed by atoms with Crippen molar-refractivity contribution in [2.45, 2.75) is 39.2 Å². The van der Waals surface area contributed by atoms with E-state index in [1.807, 2.05) is 0 Å². The predicted octanol–water partition coefficient (Wildman–Crippen LogP) is -0.388. The van der Waals surface area contributed by atoms with Gasteiger partial charge >= 0.3 is 12.1 Å². The standard InChI is InChI=1S/C15H24N6O3.C2HF3O2/c1-12(22)16-9-15(23)20-3-2-4-21-13(17-18-14(21)11-20)10-19-5-7-24-8-6-19;3-2(4,5)1(6)7/h2-11H2,1H3,(H,16,22);(H,6,7). The van der Waals surface area contributed by atoms with Crippen molar-refractivity contribution in [2.75, 3.05) is 39.4 Å². The summed E-state index contributed by atoms with van der Waals surface area (Å²) in [5, 5.41) is 18.3. The molecule has 0 saturated carbocycles. The molecule has 14 heteroatoms. The lowest BCUT2D eigenvalue weighted by Crippen LogP contribution is -2.39. The maximum absolute atomic E-state index is 12.2. The Morgan fingerprint density at radius 1 is 1.13 bits per heavy atom. The number of nitrogens with one attached hydrogen (secondary N) is 1. The summed E-state index contributed by atoms with van der Waals surface area (Å²) in [6.07, 6.45) is -4.23. The second kappa shape index (κ2) is 11.0. The molecule has 11 nitrogen and oxygen atoms in total. The first-order chi connectivity index (χ1) is 14.6. The van der Waals surface area contributed by atoms with E-state index in [1.165, 1.54) is 6.92 Å². The van der Waals surface area contributed by atoms with Crippen molar-refractivity contribution in [3.8, 4) is 0 Å². The normalized spacial score (nSPS) is 17.1. The molecule has 1 aromatic heterocycles. The van der Waals surface area contributed by atoms with Crippen LogP contribution in [0, 0.1) is 0 Å². The van der Waals surface area contributed by atoms with Gasteiger partial charge in [-0.3, -0.25) is 14.5 Å². The van der Waals surface area contributed by atoms with Crippen molar-refractivity contribution in [3.05, 3.63) is 11.6 Å². The molecule has 0 unspecified atom stereocenters. The second-order valence-corrected chi connectivity index (χ2v) is 6.95. The molecule has 0 radical (unpaired) electrons. The Balaban J connectivity index is 0.000000423. The van der Waals surface area contributed by atoms with E-state index in [1.54, 1.807) is 4.90 Å². The Morgan fingerprint density at radius 3 is 2.35 bits per heavy atom. The summed E-state index contributed by atoms with van der Waals surface area (Å²) in [5.41, 5.74) is 0. The van der Waals surface area contributed by atoms with Gasteiger partial charge in [0.25, 0.3) is 0 Å². The maximum Gasteiger partial charge on any atom is 0.490 e. The Morgan fingerprint density at radius 2 is 1.77 bits per heavy atom. The van der Waals surface area contributed by atoms with Crippen LogP contribution in [-0.2, 0) is 38.8 Å². The fourth-order valence-corrected chi connectivity index (χ4v) is 3.02. The molecule has 2 aliphatic rings. The molecule has 0 aliphatic carbocycles. The Kier molecular flexibility index (Phi) is 8.74. The zero-order chi connectivity index (χ0) is 23.0. The molecule has 2 N–H and O–H groups in total. The first-order valence-corrected chi connectivity index (χ1v) is 9.61. The largest absolute Gasteiger partial charge is 0.490 e. The van der Waals surface area contributed by atoms with Crippen LogP contribution in [-0.4, -0.2) is 93.0 Å². The first-order valence-electron chi connectivity index (χ1n) is 9.61. The third kappa shape index (κ3) is 7.79. The van der Waals surface area contributed by atoms with Gasteiger partial charge in [0.15, 0.2) is 5.82 Å². The maximum atomic E-state index is 12.2. The number of hydrogen-bond donors (Lipinski definition) is 2. The number of rotatable bonds is 4. The number of hydrogen-bond acceptors (Lipinski definition) is 7. The van der Waals surface area contributed by atoms with Crippen LogP contribution in [0.1, 0.15) is 25.0 Å². The molecule has 1 saturated heterocycles. The van der Waals surface area contributed by atoms with Crippen molar-refractivity contribution in [1.29, 1.82) is 0 Å². The molecule has 2 aliphatic heterocycles. The summed E-state index contributed by atoms with van der Waals surface area (Å²) in [6.45, 7) is 7.44. The van der Waals surface area contributed by atoms with Crippen LogP contribution in [0.2, 0.25) is 0 Å². The molecular weight excluding hydrogens is 425 g/mol. The molecule has 1 fully saturated rings. The molecule has 31 heavy (non-hydrogen) atoms. The highest BCUT2D eigenvalue weighted by molar-refractivity contribution is 5.83. The van der Waals surface area contributed by atoms with E-state index in [9.17, 15) is 22.8 Å². The lowest BCUT2D eigenvalue weighted by molar-refractivity contribution is -0.192. The number of halogens is 3.